The summed E-state index contributed by atoms with van der Waals surface area (Å²) in [6, 6.07) is 7.60. The quantitative estimate of drug-likeness (QED) is 0.846. The van der Waals surface area contributed by atoms with Crippen LogP contribution in [0.2, 0.25) is 5.02 Å². The van der Waals surface area contributed by atoms with Gasteiger partial charge in [-0.15, -0.1) is 0 Å². The molecule has 0 bridgehead atoms. The monoisotopic (exact) mass is 349 g/mol. The molecule has 2 aromatic rings. The van der Waals surface area contributed by atoms with E-state index in [0.29, 0.717) is 16.7 Å². The third-order valence-corrected chi connectivity index (χ3v) is 5.17. The third-order valence-electron chi connectivity index (χ3n) is 4.05. The Morgan fingerprint density at radius 1 is 1.43 bits per heavy atom. The summed E-state index contributed by atoms with van der Waals surface area (Å²) >= 11 is 7.36. The molecule has 122 valence electrons. The minimum atomic E-state index is 0.200. The second-order valence-corrected chi connectivity index (χ2v) is 7.39. The summed E-state index contributed by atoms with van der Waals surface area (Å²) in [5, 5.41) is 1.48. The summed E-state index contributed by atoms with van der Waals surface area (Å²) < 4.78 is 0. The molecule has 1 amide bonds. The van der Waals surface area contributed by atoms with E-state index >= 15 is 0 Å². The smallest absolute Gasteiger partial charge is 0.233 e. The number of aromatic nitrogens is 2. The van der Waals surface area contributed by atoms with Crippen LogP contribution in [0.3, 0.4) is 0 Å². The number of carbonyl (C=O) groups excluding carboxylic acids is 1. The van der Waals surface area contributed by atoms with E-state index in [-0.39, 0.29) is 5.91 Å². The van der Waals surface area contributed by atoms with Gasteiger partial charge in [-0.3, -0.25) is 4.79 Å². The molecule has 1 saturated heterocycles. The Labute approximate surface area is 145 Å². The predicted molar refractivity (Wildman–Crippen MR) is 94.7 cm³/mol. The Balaban J connectivity index is 1.56. The summed E-state index contributed by atoms with van der Waals surface area (Å²) in [6.07, 6.45) is 4.12. The second kappa shape index (κ2) is 7.41. The van der Waals surface area contributed by atoms with Crippen LogP contribution in [-0.4, -0.2) is 39.6 Å². The van der Waals surface area contributed by atoms with Crippen LogP contribution in [-0.2, 0) is 4.79 Å². The molecule has 1 N–H and O–H groups in total. The zero-order chi connectivity index (χ0) is 16.2. The molecule has 0 saturated carbocycles. The number of rotatable bonds is 4. The number of hydrogen-bond donors (Lipinski definition) is 1. The molecule has 0 radical (unpaired) electrons. The van der Waals surface area contributed by atoms with E-state index < -0.39 is 0 Å². The highest BCUT2D eigenvalue weighted by Crippen LogP contribution is 2.24. The lowest BCUT2D eigenvalue weighted by Gasteiger charge is -2.30. The van der Waals surface area contributed by atoms with E-state index in [4.69, 9.17) is 11.6 Å². The first-order valence-corrected chi connectivity index (χ1v) is 9.19. The fourth-order valence-electron chi connectivity index (χ4n) is 2.79. The molecule has 1 atom stereocenters. The number of benzene rings is 1. The predicted octanol–water partition coefficient (Wildman–Crippen LogP) is 4.08. The SMILES string of the molecule is C[C@@H]1CCCN(C(=O)CSc2ncc(-c3ccc(Cl)cc3)[nH]2)C1. The number of nitrogens with zero attached hydrogens (tertiary/aromatic N) is 2. The maximum Gasteiger partial charge on any atom is 0.233 e. The van der Waals surface area contributed by atoms with Gasteiger partial charge in [-0.25, -0.2) is 4.98 Å². The molecule has 2 heterocycles. The molecule has 1 fully saturated rings. The molecule has 1 aromatic heterocycles. The number of imidazole rings is 1. The van der Waals surface area contributed by atoms with Crippen LogP contribution >= 0.6 is 23.4 Å². The fourth-order valence-corrected chi connectivity index (χ4v) is 3.67. The van der Waals surface area contributed by atoms with Crippen molar-refractivity contribution >= 4 is 29.3 Å². The zero-order valence-electron chi connectivity index (χ0n) is 13.1. The van der Waals surface area contributed by atoms with Crippen molar-refractivity contribution in [2.45, 2.75) is 24.9 Å². The van der Waals surface area contributed by atoms with Crippen LogP contribution in [0.25, 0.3) is 11.3 Å². The van der Waals surface area contributed by atoms with E-state index in [2.05, 4.69) is 16.9 Å². The molecule has 0 unspecified atom stereocenters. The number of H-pyrrole nitrogens is 1. The number of thioether (sulfide) groups is 1. The number of amides is 1. The molecule has 4 nitrogen and oxygen atoms in total. The van der Waals surface area contributed by atoms with Gasteiger partial charge < -0.3 is 9.88 Å². The summed E-state index contributed by atoms with van der Waals surface area (Å²) in [6.45, 7) is 3.98. The number of carbonyl (C=O) groups is 1. The van der Waals surface area contributed by atoms with E-state index in [1.54, 1.807) is 6.20 Å². The molecular formula is C17H20ClN3OS. The average Bonchev–Trinajstić information content (AvgIpc) is 3.02. The van der Waals surface area contributed by atoms with Crippen LogP contribution < -0.4 is 0 Å². The van der Waals surface area contributed by atoms with Gasteiger partial charge in [0, 0.05) is 18.1 Å². The van der Waals surface area contributed by atoms with Crippen LogP contribution in [0.15, 0.2) is 35.6 Å². The number of hydrogen-bond acceptors (Lipinski definition) is 3. The topological polar surface area (TPSA) is 49.0 Å². The highest BCUT2D eigenvalue weighted by Gasteiger charge is 2.21. The molecule has 0 spiro atoms. The molecule has 23 heavy (non-hydrogen) atoms. The van der Waals surface area contributed by atoms with Gasteiger partial charge in [-0.1, -0.05) is 42.4 Å². The first kappa shape index (κ1) is 16.4. The van der Waals surface area contributed by atoms with Crippen molar-refractivity contribution in [1.82, 2.24) is 14.9 Å². The first-order chi connectivity index (χ1) is 11.1. The number of aromatic amines is 1. The molecule has 1 aliphatic rings. The van der Waals surface area contributed by atoms with Crippen molar-refractivity contribution in [1.29, 1.82) is 0 Å². The summed E-state index contributed by atoms with van der Waals surface area (Å²) in [5.41, 5.74) is 1.97. The second-order valence-electron chi connectivity index (χ2n) is 5.98. The van der Waals surface area contributed by atoms with E-state index in [1.807, 2.05) is 29.2 Å². The number of piperidine rings is 1. The molecule has 0 aliphatic carbocycles. The average molecular weight is 350 g/mol. The molecule has 1 aliphatic heterocycles. The van der Waals surface area contributed by atoms with Crippen molar-refractivity contribution in [2.75, 3.05) is 18.8 Å². The highest BCUT2D eigenvalue weighted by molar-refractivity contribution is 7.99. The summed E-state index contributed by atoms with van der Waals surface area (Å²) in [7, 11) is 0. The van der Waals surface area contributed by atoms with Crippen molar-refractivity contribution in [3.63, 3.8) is 0 Å². The van der Waals surface area contributed by atoms with Crippen molar-refractivity contribution < 1.29 is 4.79 Å². The van der Waals surface area contributed by atoms with E-state index in [0.717, 1.165) is 35.9 Å². The summed E-state index contributed by atoms with van der Waals surface area (Å²) in [5.74, 6) is 1.24. The Hall–Kier alpha value is -1.46. The lowest BCUT2D eigenvalue weighted by molar-refractivity contribution is -0.130. The van der Waals surface area contributed by atoms with Gasteiger partial charge in [-0.05, 0) is 36.5 Å². The maximum atomic E-state index is 12.3. The Bertz CT molecular complexity index is 671. The van der Waals surface area contributed by atoms with Gasteiger partial charge in [0.15, 0.2) is 5.16 Å². The molecule has 3 rings (SSSR count). The van der Waals surface area contributed by atoms with Crippen LogP contribution in [0.5, 0.6) is 0 Å². The number of likely N-dealkylation sites (tertiary alicyclic amines) is 1. The van der Waals surface area contributed by atoms with Crippen molar-refractivity contribution in [3.8, 4) is 11.3 Å². The van der Waals surface area contributed by atoms with Crippen LogP contribution in [0.1, 0.15) is 19.8 Å². The number of halogens is 1. The van der Waals surface area contributed by atoms with Crippen molar-refractivity contribution in [2.24, 2.45) is 5.92 Å². The van der Waals surface area contributed by atoms with Gasteiger partial charge in [0.05, 0.1) is 17.6 Å². The lowest BCUT2D eigenvalue weighted by Crippen LogP contribution is -2.40. The fraction of sp³-hybridized carbons (Fsp3) is 0.412. The third kappa shape index (κ3) is 4.30. The Kier molecular flexibility index (Phi) is 5.28. The van der Waals surface area contributed by atoms with Gasteiger partial charge in [-0.2, -0.15) is 0 Å². The minimum Gasteiger partial charge on any atom is -0.342 e. The lowest BCUT2D eigenvalue weighted by atomic mass is 10.0. The van der Waals surface area contributed by atoms with Gasteiger partial charge in [0.25, 0.3) is 0 Å². The highest BCUT2D eigenvalue weighted by atomic mass is 35.5. The van der Waals surface area contributed by atoms with Crippen LogP contribution in [0.4, 0.5) is 0 Å². The molecular weight excluding hydrogens is 330 g/mol. The molecule has 6 heteroatoms. The van der Waals surface area contributed by atoms with Gasteiger partial charge in [0.2, 0.25) is 5.91 Å². The van der Waals surface area contributed by atoms with Crippen LogP contribution in [0, 0.1) is 5.92 Å². The van der Waals surface area contributed by atoms with Gasteiger partial charge in [0.1, 0.15) is 0 Å². The largest absolute Gasteiger partial charge is 0.342 e. The minimum absolute atomic E-state index is 0.200. The Morgan fingerprint density at radius 2 is 2.22 bits per heavy atom. The standard InChI is InChI=1S/C17H20ClN3OS/c1-12-3-2-8-21(10-12)16(22)11-23-17-19-9-15(20-17)13-4-6-14(18)7-5-13/h4-7,9,12H,2-3,8,10-11H2,1H3,(H,19,20)/t12-/m1/s1. The summed E-state index contributed by atoms with van der Waals surface area (Å²) in [4.78, 5) is 21.9. The molecule has 1 aromatic carbocycles. The van der Waals surface area contributed by atoms with E-state index in [1.165, 1.54) is 18.2 Å². The van der Waals surface area contributed by atoms with E-state index in [9.17, 15) is 4.79 Å². The zero-order valence-corrected chi connectivity index (χ0v) is 14.7. The van der Waals surface area contributed by atoms with Gasteiger partial charge >= 0.3 is 0 Å². The maximum absolute atomic E-state index is 12.3. The van der Waals surface area contributed by atoms with Crippen molar-refractivity contribution in [3.05, 3.63) is 35.5 Å². The normalized spacial score (nSPS) is 18.2. The number of nitrogens with one attached hydrogen (secondary N) is 1. The first-order valence-electron chi connectivity index (χ1n) is 7.83. The Morgan fingerprint density at radius 3 is 2.96 bits per heavy atom.